The van der Waals surface area contributed by atoms with Crippen molar-refractivity contribution >= 4 is 5.91 Å². The van der Waals surface area contributed by atoms with E-state index in [1.54, 1.807) is 0 Å². The highest BCUT2D eigenvalue weighted by Gasteiger charge is 2.59. The van der Waals surface area contributed by atoms with Gasteiger partial charge in [-0.1, -0.05) is 6.92 Å². The molecule has 0 saturated heterocycles. The van der Waals surface area contributed by atoms with Crippen molar-refractivity contribution in [3.63, 3.8) is 0 Å². The van der Waals surface area contributed by atoms with Crippen molar-refractivity contribution in [2.24, 2.45) is 7.05 Å². The number of hydrogen-bond acceptors (Lipinski definition) is 3. The van der Waals surface area contributed by atoms with Gasteiger partial charge in [0.25, 0.3) is 0 Å². The Bertz CT molecular complexity index is 540. The van der Waals surface area contributed by atoms with Crippen molar-refractivity contribution in [3.8, 4) is 0 Å². The number of aromatic nitrogens is 2. The minimum Gasteiger partial charge on any atom is -0.374 e. The van der Waals surface area contributed by atoms with Crippen LogP contribution < -0.4 is 0 Å². The third-order valence-electron chi connectivity index (χ3n) is 3.84. The first kappa shape index (κ1) is 16.8. The monoisotopic (exact) mass is 319 g/mol. The van der Waals surface area contributed by atoms with E-state index in [-0.39, 0.29) is 6.04 Å². The van der Waals surface area contributed by atoms with E-state index in [2.05, 4.69) is 4.98 Å². The largest absolute Gasteiger partial charge is 0.425 e. The van der Waals surface area contributed by atoms with Crippen LogP contribution in [-0.2, 0) is 17.4 Å². The summed E-state index contributed by atoms with van der Waals surface area (Å²) in [5.41, 5.74) is -3.27. The lowest BCUT2D eigenvalue weighted by atomic mass is 9.96. The predicted molar refractivity (Wildman–Crippen MR) is 72.8 cm³/mol. The third-order valence-corrected chi connectivity index (χ3v) is 3.84. The van der Waals surface area contributed by atoms with Crippen LogP contribution in [0.5, 0.6) is 0 Å². The second-order valence-corrected chi connectivity index (χ2v) is 5.71. The number of rotatable bonds is 6. The van der Waals surface area contributed by atoms with Gasteiger partial charge in [-0.25, -0.2) is 4.98 Å². The number of aliphatic hydroxyl groups is 1. The lowest BCUT2D eigenvalue weighted by Crippen LogP contribution is -2.49. The Morgan fingerprint density at radius 2 is 2.14 bits per heavy atom. The van der Waals surface area contributed by atoms with Crippen LogP contribution >= 0.6 is 0 Å². The third kappa shape index (κ3) is 3.11. The molecule has 1 fully saturated rings. The lowest BCUT2D eigenvalue weighted by molar-refractivity contribution is -0.272. The van der Waals surface area contributed by atoms with E-state index in [4.69, 9.17) is 0 Å². The summed E-state index contributed by atoms with van der Waals surface area (Å²) in [6, 6.07) is 0.00584. The number of hydrogen-bond donors (Lipinski definition) is 1. The molecule has 0 aliphatic heterocycles. The van der Waals surface area contributed by atoms with Crippen LogP contribution in [0.3, 0.4) is 0 Å². The molecule has 1 N–H and O–H groups in total. The average Bonchev–Trinajstić information content (AvgIpc) is 3.15. The van der Waals surface area contributed by atoms with Crippen molar-refractivity contribution in [1.29, 1.82) is 0 Å². The van der Waals surface area contributed by atoms with E-state index < -0.39 is 29.9 Å². The molecular formula is C14H20F3N3O2. The molecular weight excluding hydrogens is 299 g/mol. The fraction of sp³-hybridized carbons (Fsp3) is 0.714. The van der Waals surface area contributed by atoms with Crippen LogP contribution in [0, 0.1) is 0 Å². The molecule has 0 bridgehead atoms. The molecule has 5 nitrogen and oxygen atoms in total. The standard InChI is InChI=1S/C14H20F3N3O2/c1-3-7-20(10-4-5-10)11(21)9-13(22,14(15,16)17)12-18-6-8-19(12)2/h6,8,10,22H,3-5,7,9H2,1-2H3. The highest BCUT2D eigenvalue weighted by atomic mass is 19.4. The van der Waals surface area contributed by atoms with Crippen LogP contribution in [0.4, 0.5) is 13.2 Å². The molecule has 1 amide bonds. The molecule has 0 spiro atoms. The van der Waals surface area contributed by atoms with Crippen LogP contribution in [0.15, 0.2) is 12.4 Å². The Hall–Kier alpha value is -1.57. The first-order chi connectivity index (χ1) is 10.2. The van der Waals surface area contributed by atoms with Gasteiger partial charge in [0.15, 0.2) is 5.82 Å². The number of carbonyl (C=O) groups excluding carboxylic acids is 1. The Kier molecular flexibility index (Phi) is 4.51. The quantitative estimate of drug-likeness (QED) is 0.872. The molecule has 1 saturated carbocycles. The zero-order chi connectivity index (χ0) is 16.5. The SMILES string of the molecule is CCCN(C(=O)CC(O)(c1nccn1C)C(F)(F)F)C1CC1. The Balaban J connectivity index is 2.27. The molecule has 1 unspecified atom stereocenters. The number of carbonyl (C=O) groups is 1. The highest BCUT2D eigenvalue weighted by molar-refractivity contribution is 5.78. The summed E-state index contributed by atoms with van der Waals surface area (Å²) in [7, 11) is 1.36. The van der Waals surface area contributed by atoms with Crippen molar-refractivity contribution in [2.45, 2.75) is 50.4 Å². The van der Waals surface area contributed by atoms with Crippen molar-refractivity contribution < 1.29 is 23.1 Å². The second kappa shape index (κ2) is 5.91. The van der Waals surface area contributed by atoms with Crippen molar-refractivity contribution in [1.82, 2.24) is 14.5 Å². The number of amides is 1. The maximum absolute atomic E-state index is 13.4. The van der Waals surface area contributed by atoms with Gasteiger partial charge in [-0.3, -0.25) is 4.79 Å². The summed E-state index contributed by atoms with van der Waals surface area (Å²) >= 11 is 0. The molecule has 1 aliphatic rings. The van der Waals surface area contributed by atoms with E-state index in [1.165, 1.54) is 24.3 Å². The van der Waals surface area contributed by atoms with E-state index in [1.807, 2.05) is 6.92 Å². The summed E-state index contributed by atoms with van der Waals surface area (Å²) in [6.45, 7) is 2.26. The van der Waals surface area contributed by atoms with Crippen LogP contribution in [0.1, 0.15) is 38.4 Å². The van der Waals surface area contributed by atoms with Crippen molar-refractivity contribution in [3.05, 3.63) is 18.2 Å². The van der Waals surface area contributed by atoms with Gasteiger partial charge in [-0.05, 0) is 19.3 Å². The molecule has 124 valence electrons. The minimum atomic E-state index is -4.98. The topological polar surface area (TPSA) is 58.4 Å². The molecule has 1 heterocycles. The number of halogens is 3. The smallest absolute Gasteiger partial charge is 0.374 e. The Morgan fingerprint density at radius 3 is 2.55 bits per heavy atom. The van der Waals surface area contributed by atoms with Gasteiger partial charge in [-0.2, -0.15) is 13.2 Å². The molecule has 1 aliphatic carbocycles. The van der Waals surface area contributed by atoms with Gasteiger partial charge in [0.05, 0.1) is 6.42 Å². The maximum atomic E-state index is 13.4. The van der Waals surface area contributed by atoms with Gasteiger partial charge in [0.2, 0.25) is 11.5 Å². The fourth-order valence-corrected chi connectivity index (χ4v) is 2.53. The predicted octanol–water partition coefficient (Wildman–Crippen LogP) is 1.96. The molecule has 1 aromatic heterocycles. The first-order valence-electron chi connectivity index (χ1n) is 7.27. The van der Waals surface area contributed by atoms with Gasteiger partial charge in [0.1, 0.15) is 0 Å². The molecule has 1 aromatic rings. The van der Waals surface area contributed by atoms with E-state index in [9.17, 15) is 23.1 Å². The molecule has 8 heteroatoms. The summed E-state index contributed by atoms with van der Waals surface area (Å²) in [4.78, 5) is 17.4. The summed E-state index contributed by atoms with van der Waals surface area (Å²) in [5.74, 6) is -1.26. The minimum absolute atomic E-state index is 0.00584. The number of alkyl halides is 3. The zero-order valence-corrected chi connectivity index (χ0v) is 12.6. The van der Waals surface area contributed by atoms with Gasteiger partial charge in [-0.15, -0.1) is 0 Å². The van der Waals surface area contributed by atoms with E-state index in [0.29, 0.717) is 13.0 Å². The number of imidazole rings is 1. The van der Waals surface area contributed by atoms with Crippen LogP contribution in [-0.4, -0.2) is 44.2 Å². The van der Waals surface area contributed by atoms with Gasteiger partial charge in [0, 0.05) is 32.0 Å². The highest BCUT2D eigenvalue weighted by Crippen LogP contribution is 2.41. The summed E-state index contributed by atoms with van der Waals surface area (Å²) in [6.07, 6.45) is -1.28. The second-order valence-electron chi connectivity index (χ2n) is 5.71. The van der Waals surface area contributed by atoms with Crippen molar-refractivity contribution in [2.75, 3.05) is 6.54 Å². The normalized spacial score (nSPS) is 18.1. The maximum Gasteiger partial charge on any atom is 0.425 e. The average molecular weight is 319 g/mol. The van der Waals surface area contributed by atoms with E-state index in [0.717, 1.165) is 17.4 Å². The molecule has 0 radical (unpaired) electrons. The van der Waals surface area contributed by atoms with E-state index >= 15 is 0 Å². The molecule has 22 heavy (non-hydrogen) atoms. The first-order valence-corrected chi connectivity index (χ1v) is 7.27. The fourth-order valence-electron chi connectivity index (χ4n) is 2.53. The van der Waals surface area contributed by atoms with Gasteiger partial charge < -0.3 is 14.6 Å². The lowest BCUT2D eigenvalue weighted by Gasteiger charge is -2.32. The van der Waals surface area contributed by atoms with Crippen LogP contribution in [0.2, 0.25) is 0 Å². The van der Waals surface area contributed by atoms with Crippen LogP contribution in [0.25, 0.3) is 0 Å². The number of nitrogens with zero attached hydrogens (tertiary/aromatic N) is 3. The summed E-state index contributed by atoms with van der Waals surface area (Å²) in [5, 5.41) is 10.2. The zero-order valence-electron chi connectivity index (χ0n) is 12.6. The molecule has 2 rings (SSSR count). The summed E-state index contributed by atoms with van der Waals surface area (Å²) < 4.78 is 41.3. The Labute approximate surface area is 126 Å². The Morgan fingerprint density at radius 1 is 1.50 bits per heavy atom. The van der Waals surface area contributed by atoms with Gasteiger partial charge >= 0.3 is 6.18 Å². The molecule has 1 atom stereocenters. The molecule has 0 aromatic carbocycles. The number of aryl methyl sites for hydroxylation is 1.